The van der Waals surface area contributed by atoms with Gasteiger partial charge in [0.2, 0.25) is 23.6 Å². The van der Waals surface area contributed by atoms with E-state index in [0.717, 1.165) is 11.1 Å². The van der Waals surface area contributed by atoms with Crippen LogP contribution in [0.25, 0.3) is 0 Å². The summed E-state index contributed by atoms with van der Waals surface area (Å²) in [5.74, 6) is -4.69. The SMILES string of the molecule is O=C1[C@@H]2[C@H](C(=O)N1c1ccccc1)C1(c3ccccc3)[NH2+]C2(c2ccccc2)[C@H]2C(=O)N(c3ccccc3)C(=O)[C@@H]21. The van der Waals surface area contributed by atoms with Crippen molar-refractivity contribution in [3.8, 4) is 0 Å². The maximum absolute atomic E-state index is 14.5. The molecule has 4 amide bonds. The van der Waals surface area contributed by atoms with Crippen LogP contribution in [0.4, 0.5) is 11.4 Å². The van der Waals surface area contributed by atoms with Crippen LogP contribution in [0.2, 0.25) is 0 Å². The first-order valence-electron chi connectivity index (χ1n) is 13.9. The topological polar surface area (TPSA) is 91.4 Å². The van der Waals surface area contributed by atoms with Crippen LogP contribution in [-0.4, -0.2) is 23.6 Å². The second kappa shape index (κ2) is 8.32. The van der Waals surface area contributed by atoms with E-state index < -0.39 is 34.7 Å². The van der Waals surface area contributed by atoms with Gasteiger partial charge in [-0.05, 0) is 24.3 Å². The molecule has 7 heteroatoms. The van der Waals surface area contributed by atoms with Gasteiger partial charge in [0.1, 0.15) is 34.7 Å². The number of rotatable bonds is 4. The highest BCUT2D eigenvalue weighted by Gasteiger charge is 2.89. The second-order valence-corrected chi connectivity index (χ2v) is 11.3. The van der Waals surface area contributed by atoms with Gasteiger partial charge in [0, 0.05) is 11.1 Å². The van der Waals surface area contributed by atoms with Gasteiger partial charge in [-0.15, -0.1) is 0 Å². The molecule has 4 saturated heterocycles. The molecule has 0 spiro atoms. The zero-order chi connectivity index (χ0) is 27.9. The molecule has 2 N–H and O–H groups in total. The van der Waals surface area contributed by atoms with E-state index in [1.165, 1.54) is 9.80 Å². The zero-order valence-corrected chi connectivity index (χ0v) is 22.0. The lowest BCUT2D eigenvalue weighted by Crippen LogP contribution is -2.99. The molecule has 0 saturated carbocycles. The number of hydrogen-bond donors (Lipinski definition) is 1. The number of imide groups is 2. The third-order valence-corrected chi connectivity index (χ3v) is 9.72. The Balaban J connectivity index is 1.43. The third kappa shape index (κ3) is 2.81. The van der Waals surface area contributed by atoms with E-state index in [-0.39, 0.29) is 23.6 Å². The predicted octanol–water partition coefficient (Wildman–Crippen LogP) is 2.98. The first kappa shape index (κ1) is 24.0. The number of nitrogens with two attached hydrogens (primary N) is 1. The van der Waals surface area contributed by atoms with Gasteiger partial charge in [-0.3, -0.25) is 19.2 Å². The average molecular weight is 541 g/mol. The summed E-state index contributed by atoms with van der Waals surface area (Å²) < 4.78 is 0. The highest BCUT2D eigenvalue weighted by atomic mass is 16.2. The molecule has 0 radical (unpaired) electrons. The lowest BCUT2D eigenvalue weighted by molar-refractivity contribution is -0.771. The van der Waals surface area contributed by atoms with Crippen LogP contribution in [0.3, 0.4) is 0 Å². The zero-order valence-electron chi connectivity index (χ0n) is 22.0. The van der Waals surface area contributed by atoms with Gasteiger partial charge in [-0.2, -0.15) is 0 Å². The fourth-order valence-electron chi connectivity index (χ4n) is 8.41. The summed E-state index contributed by atoms with van der Waals surface area (Å²) in [7, 11) is 0. The molecular formula is C34H26N3O4+. The van der Waals surface area contributed by atoms with E-state index >= 15 is 0 Å². The Labute approximate surface area is 236 Å². The molecule has 4 aromatic carbocycles. The number of hydrogen-bond acceptors (Lipinski definition) is 4. The van der Waals surface area contributed by atoms with Crippen LogP contribution in [0.1, 0.15) is 11.1 Å². The number of fused-ring (bicyclic) bond motifs is 8. The summed E-state index contributed by atoms with van der Waals surface area (Å²) in [6, 6.07) is 36.9. The maximum atomic E-state index is 14.5. The van der Waals surface area contributed by atoms with Crippen LogP contribution in [0.15, 0.2) is 121 Å². The molecule has 4 fully saturated rings. The van der Waals surface area contributed by atoms with Gasteiger partial charge < -0.3 is 5.32 Å². The number of carbonyl (C=O) groups excluding carboxylic acids is 4. The number of benzene rings is 4. The van der Waals surface area contributed by atoms with Crippen LogP contribution >= 0.6 is 0 Å². The van der Waals surface area contributed by atoms with Crippen molar-refractivity contribution >= 4 is 35.0 Å². The molecule has 8 rings (SSSR count). The molecule has 41 heavy (non-hydrogen) atoms. The van der Waals surface area contributed by atoms with Crippen LogP contribution in [0.5, 0.6) is 0 Å². The Kier molecular flexibility index (Phi) is 4.86. The van der Waals surface area contributed by atoms with Gasteiger partial charge in [0.15, 0.2) is 0 Å². The maximum Gasteiger partial charge on any atom is 0.244 e. The number of anilines is 2. The fraction of sp³-hybridized carbons (Fsp3) is 0.176. The van der Waals surface area contributed by atoms with Crippen molar-refractivity contribution in [3.05, 3.63) is 132 Å². The molecular weight excluding hydrogens is 514 g/mol. The molecule has 4 aromatic rings. The minimum atomic E-state index is -1.15. The van der Waals surface area contributed by atoms with E-state index in [2.05, 4.69) is 0 Å². The first-order valence-corrected chi connectivity index (χ1v) is 13.9. The average Bonchev–Trinajstić information content (AvgIpc) is 3.69. The second-order valence-electron chi connectivity index (χ2n) is 11.3. The van der Waals surface area contributed by atoms with E-state index in [0.29, 0.717) is 11.4 Å². The molecule has 200 valence electrons. The number of para-hydroxylation sites is 2. The summed E-state index contributed by atoms with van der Waals surface area (Å²) in [6.07, 6.45) is 0. The van der Waals surface area contributed by atoms with Crippen molar-refractivity contribution < 1.29 is 24.5 Å². The molecule has 4 aliphatic heterocycles. The summed E-state index contributed by atoms with van der Waals surface area (Å²) in [5, 5.41) is 2.05. The minimum Gasteiger partial charge on any atom is -0.326 e. The van der Waals surface area contributed by atoms with Crippen molar-refractivity contribution in [1.82, 2.24) is 0 Å². The summed E-state index contributed by atoms with van der Waals surface area (Å²) in [5.41, 5.74) is 0.227. The van der Waals surface area contributed by atoms with Crippen molar-refractivity contribution in [2.45, 2.75) is 11.1 Å². The molecule has 6 atom stereocenters. The largest absolute Gasteiger partial charge is 0.326 e. The molecule has 2 unspecified atom stereocenters. The first-order chi connectivity index (χ1) is 20.0. The van der Waals surface area contributed by atoms with E-state index in [9.17, 15) is 19.2 Å². The molecule has 4 aliphatic rings. The monoisotopic (exact) mass is 540 g/mol. The number of carbonyl (C=O) groups is 4. The normalized spacial score (nSPS) is 31.6. The summed E-state index contributed by atoms with van der Waals surface area (Å²) >= 11 is 0. The van der Waals surface area contributed by atoms with Gasteiger partial charge in [0.05, 0.1) is 11.4 Å². The van der Waals surface area contributed by atoms with Gasteiger partial charge in [-0.1, -0.05) is 97.1 Å². The Morgan fingerprint density at radius 1 is 0.415 bits per heavy atom. The quantitative estimate of drug-likeness (QED) is 0.403. The molecule has 4 heterocycles. The van der Waals surface area contributed by atoms with Crippen molar-refractivity contribution in [1.29, 1.82) is 0 Å². The van der Waals surface area contributed by atoms with Crippen molar-refractivity contribution in [2.24, 2.45) is 23.7 Å². The highest BCUT2D eigenvalue weighted by molar-refractivity contribution is 6.27. The molecule has 0 aliphatic carbocycles. The summed E-state index contributed by atoms with van der Waals surface area (Å²) in [4.78, 5) is 60.7. The highest BCUT2D eigenvalue weighted by Crippen LogP contribution is 2.66. The van der Waals surface area contributed by atoms with E-state index in [1.807, 2.05) is 78.1 Å². The third-order valence-electron chi connectivity index (χ3n) is 9.72. The van der Waals surface area contributed by atoms with Crippen LogP contribution < -0.4 is 15.1 Å². The van der Waals surface area contributed by atoms with Gasteiger partial charge in [-0.25, -0.2) is 9.80 Å². The van der Waals surface area contributed by atoms with E-state index in [4.69, 9.17) is 0 Å². The minimum absolute atomic E-state index is 0.332. The smallest absolute Gasteiger partial charge is 0.244 e. The van der Waals surface area contributed by atoms with Crippen LogP contribution in [-0.2, 0) is 30.3 Å². The lowest BCUT2D eigenvalue weighted by atomic mass is 9.55. The summed E-state index contributed by atoms with van der Waals surface area (Å²) in [6.45, 7) is 0. The predicted molar refractivity (Wildman–Crippen MR) is 150 cm³/mol. The van der Waals surface area contributed by atoms with Crippen molar-refractivity contribution in [2.75, 3.05) is 9.80 Å². The Bertz CT molecular complexity index is 1550. The number of nitrogens with zero attached hydrogens (tertiary/aromatic N) is 2. The lowest BCUT2D eigenvalue weighted by Gasteiger charge is -2.35. The molecule has 7 nitrogen and oxygen atoms in total. The van der Waals surface area contributed by atoms with Gasteiger partial charge in [0.25, 0.3) is 0 Å². The Morgan fingerprint density at radius 2 is 0.683 bits per heavy atom. The molecule has 2 bridgehead atoms. The number of quaternary nitrogens is 1. The molecule has 0 aromatic heterocycles. The Hall–Kier alpha value is -4.88. The standard InChI is InChI=1S/C34H25N3O4/c38-29-25-27(31(40)36(29)23-17-9-3-10-18-23)34(22-15-7-2-8-16-22)28-26(33(25,35-34)21-13-5-1-6-14-21)30(39)37(32(28)41)24-19-11-4-12-20-24/h1-20,25-28,35H/p+1/t25-,26-,27-,28+,33?,34?/m1/s1. The Morgan fingerprint density at radius 3 is 0.976 bits per heavy atom. The number of amides is 4. The van der Waals surface area contributed by atoms with E-state index in [1.54, 1.807) is 48.5 Å². The van der Waals surface area contributed by atoms with Gasteiger partial charge >= 0.3 is 0 Å². The van der Waals surface area contributed by atoms with Crippen molar-refractivity contribution in [3.63, 3.8) is 0 Å². The fourth-order valence-corrected chi connectivity index (χ4v) is 8.41. The van der Waals surface area contributed by atoms with Crippen LogP contribution in [0, 0.1) is 23.7 Å².